The molecule has 2 heterocycles. The molecule has 0 radical (unpaired) electrons. The third kappa shape index (κ3) is 4.51. The number of nitrogens with one attached hydrogen (secondary N) is 2. The van der Waals surface area contributed by atoms with Crippen molar-refractivity contribution < 1.29 is 4.79 Å². The molecule has 0 aromatic carbocycles. The topological polar surface area (TPSA) is 97.6 Å². The summed E-state index contributed by atoms with van der Waals surface area (Å²) in [4.78, 5) is 16.0. The van der Waals surface area contributed by atoms with E-state index < -0.39 is 0 Å². The Kier molecular flexibility index (Phi) is 5.19. The van der Waals surface area contributed by atoms with Crippen LogP contribution in [-0.2, 0) is 13.5 Å². The van der Waals surface area contributed by atoms with E-state index in [2.05, 4.69) is 37.8 Å². The van der Waals surface area contributed by atoms with Gasteiger partial charge in [0.05, 0.1) is 0 Å². The molecule has 0 aliphatic rings. The van der Waals surface area contributed by atoms with E-state index in [1.165, 1.54) is 0 Å². The quantitative estimate of drug-likeness (QED) is 0.765. The van der Waals surface area contributed by atoms with Crippen LogP contribution < -0.4 is 10.6 Å². The molecule has 0 aliphatic carbocycles. The summed E-state index contributed by atoms with van der Waals surface area (Å²) in [7, 11) is 1.80. The molecule has 0 spiro atoms. The minimum atomic E-state index is -0.250. The summed E-state index contributed by atoms with van der Waals surface area (Å²) >= 11 is 0. The highest BCUT2D eigenvalue weighted by atomic mass is 16.1. The van der Waals surface area contributed by atoms with Crippen LogP contribution in [0.3, 0.4) is 0 Å². The maximum absolute atomic E-state index is 11.9. The van der Waals surface area contributed by atoms with E-state index in [1.807, 2.05) is 0 Å². The fraction of sp³-hybridized carbons (Fsp3) is 0.462. The molecule has 21 heavy (non-hydrogen) atoms. The van der Waals surface area contributed by atoms with E-state index in [4.69, 9.17) is 0 Å². The lowest BCUT2D eigenvalue weighted by Crippen LogP contribution is -2.27. The minimum Gasteiger partial charge on any atom is -0.369 e. The normalized spacial score (nSPS) is 10.4. The fourth-order valence-electron chi connectivity index (χ4n) is 1.68. The van der Waals surface area contributed by atoms with E-state index >= 15 is 0 Å². The molecule has 8 nitrogen and oxygen atoms in total. The lowest BCUT2D eigenvalue weighted by atomic mass is 10.3. The van der Waals surface area contributed by atoms with Gasteiger partial charge in [0.15, 0.2) is 11.5 Å². The van der Waals surface area contributed by atoms with Gasteiger partial charge in [-0.1, -0.05) is 6.92 Å². The average Bonchev–Trinajstić information content (AvgIpc) is 2.91. The van der Waals surface area contributed by atoms with Gasteiger partial charge in [-0.25, -0.2) is 4.98 Å². The molecule has 0 aliphatic heterocycles. The van der Waals surface area contributed by atoms with Crippen LogP contribution in [-0.4, -0.2) is 44.0 Å². The number of carbonyl (C=O) groups is 1. The van der Waals surface area contributed by atoms with Crippen molar-refractivity contribution in [2.75, 3.05) is 18.4 Å². The Morgan fingerprint density at radius 2 is 2.14 bits per heavy atom. The molecule has 0 fully saturated rings. The number of amides is 1. The minimum absolute atomic E-state index is 0.250. The van der Waals surface area contributed by atoms with Gasteiger partial charge in [0, 0.05) is 26.6 Å². The van der Waals surface area contributed by atoms with Crippen LogP contribution in [0, 0.1) is 0 Å². The molecule has 2 aromatic heterocycles. The molecule has 1 amide bonds. The highest BCUT2D eigenvalue weighted by Gasteiger charge is 2.08. The fourth-order valence-corrected chi connectivity index (χ4v) is 1.68. The van der Waals surface area contributed by atoms with E-state index in [0.717, 1.165) is 13.0 Å². The number of hydrogen-bond donors (Lipinski definition) is 2. The van der Waals surface area contributed by atoms with Gasteiger partial charge in [0.1, 0.15) is 12.1 Å². The average molecular weight is 289 g/mol. The first-order valence-corrected chi connectivity index (χ1v) is 6.89. The SMILES string of the molecule is CCCNc1ccc(C(=O)NCCc2ncn(C)n2)nn1. The molecule has 2 aromatic rings. The predicted molar refractivity (Wildman–Crippen MR) is 77.9 cm³/mol. The van der Waals surface area contributed by atoms with E-state index in [-0.39, 0.29) is 5.91 Å². The number of aromatic nitrogens is 5. The second-order valence-corrected chi connectivity index (χ2v) is 4.57. The molecule has 112 valence electrons. The Morgan fingerprint density at radius 3 is 2.76 bits per heavy atom. The molecular formula is C13H19N7O. The Morgan fingerprint density at radius 1 is 1.29 bits per heavy atom. The molecule has 0 saturated carbocycles. The van der Waals surface area contributed by atoms with Crippen LogP contribution in [0.4, 0.5) is 5.82 Å². The summed E-state index contributed by atoms with van der Waals surface area (Å²) in [6.45, 7) is 3.36. The lowest BCUT2D eigenvalue weighted by Gasteiger charge is -2.05. The van der Waals surface area contributed by atoms with Crippen molar-refractivity contribution in [3.05, 3.63) is 30.0 Å². The first-order chi connectivity index (χ1) is 10.2. The zero-order chi connectivity index (χ0) is 15.1. The van der Waals surface area contributed by atoms with Crippen molar-refractivity contribution in [1.82, 2.24) is 30.3 Å². The molecular weight excluding hydrogens is 270 g/mol. The monoisotopic (exact) mass is 289 g/mol. The zero-order valence-corrected chi connectivity index (χ0v) is 12.2. The van der Waals surface area contributed by atoms with Gasteiger partial charge in [-0.05, 0) is 18.6 Å². The highest BCUT2D eigenvalue weighted by molar-refractivity contribution is 5.92. The number of aryl methyl sites for hydroxylation is 1. The smallest absolute Gasteiger partial charge is 0.271 e. The molecule has 2 N–H and O–H groups in total. The molecule has 8 heteroatoms. The Bertz CT molecular complexity index is 578. The van der Waals surface area contributed by atoms with Gasteiger partial charge < -0.3 is 10.6 Å². The van der Waals surface area contributed by atoms with Crippen LogP contribution in [0.5, 0.6) is 0 Å². The Hall–Kier alpha value is -2.51. The Labute approximate surface area is 123 Å². The van der Waals surface area contributed by atoms with Gasteiger partial charge in [0.2, 0.25) is 0 Å². The molecule has 2 rings (SSSR count). The van der Waals surface area contributed by atoms with E-state index in [1.54, 1.807) is 30.2 Å². The summed E-state index contributed by atoms with van der Waals surface area (Å²) in [5.74, 6) is 1.12. The predicted octanol–water partition coefficient (Wildman–Crippen LogP) is 0.399. The highest BCUT2D eigenvalue weighted by Crippen LogP contribution is 2.02. The van der Waals surface area contributed by atoms with Crippen molar-refractivity contribution in [3.8, 4) is 0 Å². The third-order valence-corrected chi connectivity index (χ3v) is 2.73. The van der Waals surface area contributed by atoms with Crippen molar-refractivity contribution in [3.63, 3.8) is 0 Å². The van der Waals surface area contributed by atoms with Gasteiger partial charge in [0.25, 0.3) is 5.91 Å². The number of hydrogen-bond acceptors (Lipinski definition) is 6. The molecule has 0 unspecified atom stereocenters. The number of rotatable bonds is 7. The second kappa shape index (κ2) is 7.32. The molecule has 0 saturated heterocycles. The molecule has 0 atom stereocenters. The zero-order valence-electron chi connectivity index (χ0n) is 12.2. The van der Waals surface area contributed by atoms with Crippen LogP contribution in [0.2, 0.25) is 0 Å². The van der Waals surface area contributed by atoms with Crippen molar-refractivity contribution in [1.29, 1.82) is 0 Å². The largest absolute Gasteiger partial charge is 0.369 e. The molecule has 0 bridgehead atoms. The second-order valence-electron chi connectivity index (χ2n) is 4.57. The summed E-state index contributed by atoms with van der Waals surface area (Å²) in [5, 5.41) is 17.9. The summed E-state index contributed by atoms with van der Waals surface area (Å²) in [6, 6.07) is 3.40. The number of nitrogens with zero attached hydrogens (tertiary/aromatic N) is 5. The van der Waals surface area contributed by atoms with Gasteiger partial charge in [-0.3, -0.25) is 9.48 Å². The first-order valence-electron chi connectivity index (χ1n) is 6.89. The van der Waals surface area contributed by atoms with Crippen molar-refractivity contribution >= 4 is 11.7 Å². The summed E-state index contributed by atoms with van der Waals surface area (Å²) < 4.78 is 1.63. The van der Waals surface area contributed by atoms with Crippen LogP contribution in [0.15, 0.2) is 18.5 Å². The van der Waals surface area contributed by atoms with Gasteiger partial charge in [-0.15, -0.1) is 10.2 Å². The van der Waals surface area contributed by atoms with Crippen molar-refractivity contribution in [2.24, 2.45) is 7.05 Å². The lowest BCUT2D eigenvalue weighted by molar-refractivity contribution is 0.0948. The third-order valence-electron chi connectivity index (χ3n) is 2.73. The standard InChI is InChI=1S/C13H19N7O/c1-3-7-14-11-5-4-10(17-18-11)13(21)15-8-6-12-16-9-20(2)19-12/h4-5,9H,3,6-8H2,1-2H3,(H,14,18)(H,15,21). The van der Waals surface area contributed by atoms with E-state index in [9.17, 15) is 4.79 Å². The Balaban J connectivity index is 1.79. The van der Waals surface area contributed by atoms with E-state index in [0.29, 0.717) is 30.3 Å². The number of carbonyl (C=O) groups excluding carboxylic acids is 1. The maximum atomic E-state index is 11.9. The maximum Gasteiger partial charge on any atom is 0.271 e. The van der Waals surface area contributed by atoms with Crippen LogP contribution >= 0.6 is 0 Å². The summed E-state index contributed by atoms with van der Waals surface area (Å²) in [6.07, 6.45) is 3.21. The van der Waals surface area contributed by atoms with Gasteiger partial charge >= 0.3 is 0 Å². The summed E-state index contributed by atoms with van der Waals surface area (Å²) in [5.41, 5.74) is 0.297. The number of anilines is 1. The van der Waals surface area contributed by atoms with Gasteiger partial charge in [-0.2, -0.15) is 5.10 Å². The first kappa shape index (κ1) is 14.9. The van der Waals surface area contributed by atoms with Crippen LogP contribution in [0.1, 0.15) is 29.7 Å². The van der Waals surface area contributed by atoms with Crippen molar-refractivity contribution in [2.45, 2.75) is 19.8 Å². The van der Waals surface area contributed by atoms with Crippen LogP contribution in [0.25, 0.3) is 0 Å².